The molecule has 0 spiro atoms. The van der Waals surface area contributed by atoms with Gasteiger partial charge < -0.3 is 5.73 Å². The van der Waals surface area contributed by atoms with Gasteiger partial charge in [0.2, 0.25) is 10.0 Å². The Morgan fingerprint density at radius 1 is 1.29 bits per heavy atom. The average Bonchev–Trinajstić information content (AvgIpc) is 2.94. The summed E-state index contributed by atoms with van der Waals surface area (Å²) in [4.78, 5) is 11.7. The third kappa shape index (κ3) is 4.83. The van der Waals surface area contributed by atoms with Crippen molar-refractivity contribution in [1.29, 1.82) is 0 Å². The SMILES string of the molecule is CC(Sc1nc(N)cc(C(F)(F)F)n1)c1cc2c(NS(C)(=O)=O)csc2cn1. The zero-order valence-corrected chi connectivity index (χ0v) is 16.9. The summed E-state index contributed by atoms with van der Waals surface area (Å²) in [5.74, 6) is -0.280. The van der Waals surface area contributed by atoms with Gasteiger partial charge in [0.05, 0.1) is 27.6 Å². The molecule has 1 unspecified atom stereocenters. The third-order valence-corrected chi connectivity index (χ3v) is 6.00. The van der Waals surface area contributed by atoms with Crippen LogP contribution in [0.15, 0.2) is 28.9 Å². The van der Waals surface area contributed by atoms with Crippen LogP contribution in [0, 0.1) is 0 Å². The molecule has 3 N–H and O–H groups in total. The van der Waals surface area contributed by atoms with Gasteiger partial charge in [-0.25, -0.2) is 18.4 Å². The lowest BCUT2D eigenvalue weighted by Crippen LogP contribution is -2.11. The van der Waals surface area contributed by atoms with Crippen LogP contribution in [0.3, 0.4) is 0 Å². The van der Waals surface area contributed by atoms with Crippen LogP contribution in [0.4, 0.5) is 24.7 Å². The van der Waals surface area contributed by atoms with Crippen LogP contribution >= 0.6 is 23.1 Å². The second kappa shape index (κ2) is 7.37. The van der Waals surface area contributed by atoms with Crippen molar-refractivity contribution in [2.24, 2.45) is 0 Å². The van der Waals surface area contributed by atoms with Crippen molar-refractivity contribution in [1.82, 2.24) is 15.0 Å². The number of hydrogen-bond donors (Lipinski definition) is 2. The highest BCUT2D eigenvalue weighted by atomic mass is 32.2. The lowest BCUT2D eigenvalue weighted by molar-refractivity contribution is -0.141. The molecule has 13 heteroatoms. The summed E-state index contributed by atoms with van der Waals surface area (Å²) in [6.45, 7) is 1.73. The highest BCUT2D eigenvalue weighted by Crippen LogP contribution is 2.38. The fourth-order valence-corrected chi connectivity index (χ4v) is 4.67. The summed E-state index contributed by atoms with van der Waals surface area (Å²) in [5.41, 5.74) is 5.30. The molecule has 7 nitrogen and oxygen atoms in total. The lowest BCUT2D eigenvalue weighted by Gasteiger charge is -2.12. The Balaban J connectivity index is 1.91. The van der Waals surface area contributed by atoms with Crippen LogP contribution in [-0.4, -0.2) is 29.6 Å². The van der Waals surface area contributed by atoms with Gasteiger partial charge in [0, 0.05) is 23.0 Å². The molecule has 0 bridgehead atoms. The average molecular weight is 450 g/mol. The number of nitrogen functional groups attached to an aromatic ring is 1. The zero-order chi connectivity index (χ0) is 20.7. The molecule has 0 saturated heterocycles. The van der Waals surface area contributed by atoms with Crippen LogP contribution in [0.2, 0.25) is 0 Å². The monoisotopic (exact) mass is 449 g/mol. The smallest absolute Gasteiger partial charge is 0.384 e. The topological polar surface area (TPSA) is 111 Å². The number of nitrogens with one attached hydrogen (secondary N) is 1. The highest BCUT2D eigenvalue weighted by molar-refractivity contribution is 7.99. The Hall–Kier alpha value is -2.12. The van der Waals surface area contributed by atoms with Gasteiger partial charge in [-0.05, 0) is 13.0 Å². The van der Waals surface area contributed by atoms with Crippen molar-refractivity contribution in [2.75, 3.05) is 16.7 Å². The highest BCUT2D eigenvalue weighted by Gasteiger charge is 2.33. The molecule has 3 aromatic rings. The van der Waals surface area contributed by atoms with Gasteiger partial charge in [-0.2, -0.15) is 13.2 Å². The van der Waals surface area contributed by atoms with Crippen molar-refractivity contribution >= 4 is 54.7 Å². The van der Waals surface area contributed by atoms with Crippen LogP contribution in [0.25, 0.3) is 10.1 Å². The van der Waals surface area contributed by atoms with E-state index in [0.717, 1.165) is 22.7 Å². The van der Waals surface area contributed by atoms with E-state index in [2.05, 4.69) is 19.7 Å². The number of rotatable bonds is 5. The predicted molar refractivity (Wildman–Crippen MR) is 104 cm³/mol. The van der Waals surface area contributed by atoms with Crippen LogP contribution in [0.5, 0.6) is 0 Å². The maximum absolute atomic E-state index is 12.9. The first-order valence-corrected chi connectivity index (χ1v) is 11.3. The van der Waals surface area contributed by atoms with Crippen molar-refractivity contribution in [3.63, 3.8) is 0 Å². The Kier molecular flexibility index (Phi) is 5.42. The molecule has 3 rings (SSSR count). The predicted octanol–water partition coefficient (Wildman–Crippen LogP) is 3.91. The van der Waals surface area contributed by atoms with Gasteiger partial charge in [-0.3, -0.25) is 9.71 Å². The molecule has 3 aromatic heterocycles. The van der Waals surface area contributed by atoms with Crippen molar-refractivity contribution < 1.29 is 21.6 Å². The van der Waals surface area contributed by atoms with E-state index >= 15 is 0 Å². The Bertz CT molecular complexity index is 1130. The number of anilines is 2. The summed E-state index contributed by atoms with van der Waals surface area (Å²) in [6.07, 6.45) is -2.00. The molecular formula is C15H14F3N5O2S3. The van der Waals surface area contributed by atoms with Gasteiger partial charge in [-0.15, -0.1) is 11.3 Å². The molecule has 28 heavy (non-hydrogen) atoms. The third-order valence-electron chi connectivity index (χ3n) is 3.49. The van der Waals surface area contributed by atoms with Gasteiger partial charge in [0.1, 0.15) is 5.82 Å². The molecular weight excluding hydrogens is 435 g/mol. The molecule has 0 amide bonds. The summed E-state index contributed by atoms with van der Waals surface area (Å²) in [7, 11) is -3.45. The molecule has 0 aliphatic rings. The van der Waals surface area contributed by atoms with E-state index in [9.17, 15) is 21.6 Å². The number of nitrogens with two attached hydrogens (primary N) is 1. The number of thioether (sulfide) groups is 1. The molecule has 0 saturated carbocycles. The number of hydrogen-bond acceptors (Lipinski definition) is 8. The lowest BCUT2D eigenvalue weighted by atomic mass is 10.2. The van der Waals surface area contributed by atoms with Crippen molar-refractivity contribution in [3.8, 4) is 0 Å². The van der Waals surface area contributed by atoms with Gasteiger partial charge in [-0.1, -0.05) is 11.8 Å². The number of halogens is 3. The number of pyridine rings is 1. The molecule has 0 aliphatic carbocycles. The van der Waals surface area contributed by atoms with E-state index < -0.39 is 27.1 Å². The van der Waals surface area contributed by atoms with Crippen LogP contribution < -0.4 is 10.5 Å². The molecule has 1 atom stereocenters. The second-order valence-electron chi connectivity index (χ2n) is 5.85. The Morgan fingerprint density at radius 2 is 2.00 bits per heavy atom. The molecule has 0 fully saturated rings. The number of aromatic nitrogens is 3. The van der Waals surface area contributed by atoms with Gasteiger partial charge >= 0.3 is 6.18 Å². The quantitative estimate of drug-likeness (QED) is 0.449. The van der Waals surface area contributed by atoms with Gasteiger partial charge in [0.25, 0.3) is 0 Å². The van der Waals surface area contributed by atoms with Crippen LogP contribution in [0.1, 0.15) is 23.6 Å². The fourth-order valence-electron chi connectivity index (χ4n) is 2.31. The number of alkyl halides is 3. The number of thiophene rings is 1. The maximum atomic E-state index is 12.9. The van der Waals surface area contributed by atoms with E-state index in [0.29, 0.717) is 22.8 Å². The van der Waals surface area contributed by atoms with Crippen molar-refractivity contribution in [3.05, 3.63) is 35.1 Å². The maximum Gasteiger partial charge on any atom is 0.433 e. The van der Waals surface area contributed by atoms with Crippen LogP contribution in [-0.2, 0) is 16.2 Å². The Labute approximate surface area is 166 Å². The second-order valence-corrected chi connectivity index (χ2v) is 9.82. The van der Waals surface area contributed by atoms with Crippen molar-refractivity contribution in [2.45, 2.75) is 23.5 Å². The Morgan fingerprint density at radius 3 is 2.64 bits per heavy atom. The number of sulfonamides is 1. The standard InChI is InChI=1S/C15H14F3N5O2S3/c1-7(27-14-21-12(15(16,17)18)4-13(19)22-14)9-3-8-10(23-28(2,24)25)6-26-11(8)5-20-9/h3-7,23H,1-2H3,(H2,19,21,22). The van der Waals surface area contributed by atoms with Gasteiger partial charge in [0.15, 0.2) is 10.9 Å². The van der Waals surface area contributed by atoms with E-state index in [1.807, 2.05) is 0 Å². The molecule has 3 heterocycles. The minimum Gasteiger partial charge on any atom is -0.384 e. The van der Waals surface area contributed by atoms with E-state index in [4.69, 9.17) is 5.73 Å². The fraction of sp³-hybridized carbons (Fsp3) is 0.267. The van der Waals surface area contributed by atoms with E-state index in [1.165, 1.54) is 11.3 Å². The summed E-state index contributed by atoms with van der Waals surface area (Å²) in [6, 6.07) is 2.36. The normalized spacial score (nSPS) is 13.6. The molecule has 0 radical (unpaired) electrons. The zero-order valence-electron chi connectivity index (χ0n) is 14.5. The minimum atomic E-state index is -4.63. The minimum absolute atomic E-state index is 0.124. The molecule has 0 aromatic carbocycles. The first kappa shape index (κ1) is 20.6. The first-order chi connectivity index (χ1) is 12.9. The molecule has 150 valence electrons. The van der Waals surface area contributed by atoms with E-state index in [1.54, 1.807) is 24.6 Å². The largest absolute Gasteiger partial charge is 0.433 e. The first-order valence-electron chi connectivity index (χ1n) is 7.66. The number of fused-ring (bicyclic) bond motifs is 1. The number of nitrogens with zero attached hydrogens (tertiary/aromatic N) is 3. The summed E-state index contributed by atoms with van der Waals surface area (Å²) in [5, 5.41) is 1.78. The molecule has 0 aliphatic heterocycles. The van der Waals surface area contributed by atoms with E-state index in [-0.39, 0.29) is 11.0 Å². The summed E-state index contributed by atoms with van der Waals surface area (Å²) >= 11 is 2.29. The summed E-state index contributed by atoms with van der Waals surface area (Å²) < 4.78 is 64.9.